The standard InChI is InChI=1S/C21H27N5O3/c1-14-16(20(28)24-21(29)23-14)6-7-19(27)25-10-8-15(9-11-25)12-26-13-22-17-4-2-3-5-18(17)26/h2-5,13-16H,6-12H2,1H3,(H2,23,24,28,29). The third kappa shape index (κ3) is 4.26. The summed E-state index contributed by atoms with van der Waals surface area (Å²) in [6.45, 7) is 4.22. The number of carbonyl (C=O) groups is 3. The number of imide groups is 1. The molecule has 0 saturated carbocycles. The second kappa shape index (κ2) is 8.23. The molecule has 1 aromatic carbocycles. The number of fused-ring (bicyclic) bond motifs is 1. The molecule has 3 heterocycles. The van der Waals surface area contributed by atoms with Crippen LogP contribution >= 0.6 is 0 Å². The number of amides is 4. The highest BCUT2D eigenvalue weighted by molar-refractivity contribution is 5.98. The van der Waals surface area contributed by atoms with Crippen LogP contribution in [-0.2, 0) is 16.1 Å². The Morgan fingerprint density at radius 2 is 1.97 bits per heavy atom. The van der Waals surface area contributed by atoms with E-state index in [0.29, 0.717) is 18.8 Å². The molecule has 2 saturated heterocycles. The number of aromatic nitrogens is 2. The second-order valence-electron chi connectivity index (χ2n) is 8.11. The maximum absolute atomic E-state index is 12.6. The Kier molecular flexibility index (Phi) is 5.51. The predicted molar refractivity (Wildman–Crippen MR) is 108 cm³/mol. The van der Waals surface area contributed by atoms with Crippen LogP contribution in [-0.4, -0.2) is 51.4 Å². The number of nitrogens with zero attached hydrogens (tertiary/aromatic N) is 3. The summed E-state index contributed by atoms with van der Waals surface area (Å²) in [5, 5.41) is 4.98. The minimum atomic E-state index is -0.460. The highest BCUT2D eigenvalue weighted by Gasteiger charge is 2.33. The summed E-state index contributed by atoms with van der Waals surface area (Å²) in [6, 6.07) is 7.42. The fourth-order valence-electron chi connectivity index (χ4n) is 4.39. The molecule has 2 aliphatic rings. The van der Waals surface area contributed by atoms with E-state index in [0.717, 1.165) is 43.5 Å². The van der Waals surface area contributed by atoms with Crippen molar-refractivity contribution < 1.29 is 14.4 Å². The van der Waals surface area contributed by atoms with Crippen molar-refractivity contribution in [3.8, 4) is 0 Å². The molecular formula is C21H27N5O3. The van der Waals surface area contributed by atoms with Crippen LogP contribution < -0.4 is 10.6 Å². The number of para-hydroxylation sites is 2. The summed E-state index contributed by atoms with van der Waals surface area (Å²) in [4.78, 5) is 42.3. The van der Waals surface area contributed by atoms with E-state index in [1.54, 1.807) is 6.92 Å². The van der Waals surface area contributed by atoms with Crippen LogP contribution in [0.15, 0.2) is 30.6 Å². The fourth-order valence-corrected chi connectivity index (χ4v) is 4.39. The molecule has 8 nitrogen and oxygen atoms in total. The molecule has 2 fully saturated rings. The van der Waals surface area contributed by atoms with Gasteiger partial charge >= 0.3 is 6.03 Å². The van der Waals surface area contributed by atoms with Crippen LogP contribution in [0.4, 0.5) is 4.79 Å². The van der Waals surface area contributed by atoms with E-state index in [1.165, 1.54) is 0 Å². The van der Waals surface area contributed by atoms with Gasteiger partial charge in [0.25, 0.3) is 0 Å². The Morgan fingerprint density at radius 1 is 1.21 bits per heavy atom. The SMILES string of the molecule is CC1NC(=O)NC(=O)C1CCC(=O)N1CCC(Cn2cnc3ccccc32)CC1. The maximum atomic E-state index is 12.6. The number of nitrogens with one attached hydrogen (secondary N) is 2. The number of rotatable bonds is 5. The van der Waals surface area contributed by atoms with Gasteiger partial charge in [0.1, 0.15) is 0 Å². The molecule has 29 heavy (non-hydrogen) atoms. The molecule has 0 radical (unpaired) electrons. The van der Waals surface area contributed by atoms with Gasteiger partial charge in [-0.2, -0.15) is 0 Å². The van der Waals surface area contributed by atoms with Crippen LogP contribution in [0.1, 0.15) is 32.6 Å². The Balaban J connectivity index is 1.25. The average Bonchev–Trinajstić information content (AvgIpc) is 3.10. The van der Waals surface area contributed by atoms with Crippen LogP contribution in [0.2, 0.25) is 0 Å². The van der Waals surface area contributed by atoms with Gasteiger partial charge in [0.15, 0.2) is 0 Å². The Hall–Kier alpha value is -2.90. The van der Waals surface area contributed by atoms with Crippen LogP contribution in [0, 0.1) is 11.8 Å². The zero-order valence-electron chi connectivity index (χ0n) is 16.6. The van der Waals surface area contributed by atoms with E-state index in [4.69, 9.17) is 0 Å². The van der Waals surface area contributed by atoms with Crippen molar-refractivity contribution >= 4 is 28.9 Å². The van der Waals surface area contributed by atoms with E-state index in [2.05, 4.69) is 26.3 Å². The second-order valence-corrected chi connectivity index (χ2v) is 8.11. The number of hydrogen-bond acceptors (Lipinski definition) is 4. The minimum absolute atomic E-state index is 0.0911. The van der Waals surface area contributed by atoms with E-state index >= 15 is 0 Å². The van der Waals surface area contributed by atoms with E-state index in [-0.39, 0.29) is 23.8 Å². The Morgan fingerprint density at radius 3 is 2.72 bits per heavy atom. The highest BCUT2D eigenvalue weighted by atomic mass is 16.2. The number of carbonyl (C=O) groups excluding carboxylic acids is 3. The fraction of sp³-hybridized carbons (Fsp3) is 0.524. The van der Waals surface area contributed by atoms with Crippen LogP contribution in [0.25, 0.3) is 11.0 Å². The first-order valence-corrected chi connectivity index (χ1v) is 10.3. The molecule has 4 rings (SSSR count). The van der Waals surface area contributed by atoms with Crippen molar-refractivity contribution in [3.05, 3.63) is 30.6 Å². The molecule has 2 unspecified atom stereocenters. The van der Waals surface area contributed by atoms with Gasteiger partial charge in [0, 0.05) is 32.1 Å². The third-order valence-corrected chi connectivity index (χ3v) is 6.15. The number of hydrogen-bond donors (Lipinski definition) is 2. The van der Waals surface area contributed by atoms with Gasteiger partial charge in [0.2, 0.25) is 11.8 Å². The summed E-state index contributed by atoms with van der Waals surface area (Å²) in [6.07, 6.45) is 4.61. The molecule has 1 aromatic heterocycles. The van der Waals surface area contributed by atoms with E-state index in [1.807, 2.05) is 29.4 Å². The Labute approximate surface area is 169 Å². The van der Waals surface area contributed by atoms with Crippen molar-refractivity contribution in [2.24, 2.45) is 11.8 Å². The molecule has 8 heteroatoms. The highest BCUT2D eigenvalue weighted by Crippen LogP contribution is 2.23. The first-order chi connectivity index (χ1) is 14.0. The van der Waals surface area contributed by atoms with Crippen molar-refractivity contribution in [2.75, 3.05) is 13.1 Å². The third-order valence-electron chi connectivity index (χ3n) is 6.15. The molecule has 0 bridgehead atoms. The summed E-state index contributed by atoms with van der Waals surface area (Å²) < 4.78 is 2.20. The summed E-state index contributed by atoms with van der Waals surface area (Å²) in [7, 11) is 0. The van der Waals surface area contributed by atoms with E-state index in [9.17, 15) is 14.4 Å². The van der Waals surface area contributed by atoms with Crippen LogP contribution in [0.5, 0.6) is 0 Å². The molecule has 0 aliphatic carbocycles. The zero-order chi connectivity index (χ0) is 20.4. The number of imidazole rings is 1. The molecule has 2 N–H and O–H groups in total. The van der Waals surface area contributed by atoms with Crippen molar-refractivity contribution in [1.82, 2.24) is 25.1 Å². The molecular weight excluding hydrogens is 370 g/mol. The summed E-state index contributed by atoms with van der Waals surface area (Å²) in [5.74, 6) is -0.0338. The lowest BCUT2D eigenvalue weighted by Gasteiger charge is -2.33. The molecule has 0 spiro atoms. The maximum Gasteiger partial charge on any atom is 0.321 e. The summed E-state index contributed by atoms with van der Waals surface area (Å²) >= 11 is 0. The predicted octanol–water partition coefficient (Wildman–Crippen LogP) is 1.90. The van der Waals surface area contributed by atoms with Gasteiger partial charge in [0.05, 0.1) is 23.3 Å². The smallest absolute Gasteiger partial charge is 0.321 e. The van der Waals surface area contributed by atoms with Gasteiger partial charge in [-0.1, -0.05) is 12.1 Å². The molecule has 2 atom stereocenters. The lowest BCUT2D eigenvalue weighted by molar-refractivity contribution is -0.133. The lowest BCUT2D eigenvalue weighted by Crippen LogP contribution is -2.57. The minimum Gasteiger partial charge on any atom is -0.343 e. The lowest BCUT2D eigenvalue weighted by atomic mass is 9.92. The van der Waals surface area contributed by atoms with Crippen molar-refractivity contribution in [2.45, 2.75) is 45.2 Å². The monoisotopic (exact) mass is 397 g/mol. The molecule has 4 amide bonds. The number of likely N-dealkylation sites (tertiary alicyclic amines) is 1. The number of piperidine rings is 1. The van der Waals surface area contributed by atoms with Gasteiger partial charge in [-0.25, -0.2) is 9.78 Å². The molecule has 2 aromatic rings. The average molecular weight is 397 g/mol. The Bertz CT molecular complexity index is 916. The van der Waals surface area contributed by atoms with Gasteiger partial charge in [-0.05, 0) is 44.2 Å². The topological polar surface area (TPSA) is 96.3 Å². The first-order valence-electron chi connectivity index (χ1n) is 10.3. The van der Waals surface area contributed by atoms with Crippen molar-refractivity contribution in [3.63, 3.8) is 0 Å². The zero-order valence-corrected chi connectivity index (χ0v) is 16.6. The largest absolute Gasteiger partial charge is 0.343 e. The normalized spacial score (nSPS) is 23.1. The quantitative estimate of drug-likeness (QED) is 0.805. The van der Waals surface area contributed by atoms with Gasteiger partial charge in [-0.3, -0.25) is 14.9 Å². The number of benzene rings is 1. The summed E-state index contributed by atoms with van der Waals surface area (Å²) in [5.41, 5.74) is 2.16. The first kappa shape index (κ1) is 19.4. The molecule has 2 aliphatic heterocycles. The van der Waals surface area contributed by atoms with E-state index < -0.39 is 6.03 Å². The van der Waals surface area contributed by atoms with Crippen molar-refractivity contribution in [1.29, 1.82) is 0 Å². The van der Waals surface area contributed by atoms with Gasteiger partial charge < -0.3 is 14.8 Å². The molecule has 154 valence electrons. The number of urea groups is 1. The van der Waals surface area contributed by atoms with Crippen LogP contribution in [0.3, 0.4) is 0 Å². The van der Waals surface area contributed by atoms with Gasteiger partial charge in [-0.15, -0.1) is 0 Å².